The summed E-state index contributed by atoms with van der Waals surface area (Å²) in [7, 11) is 1.55. The van der Waals surface area contributed by atoms with Gasteiger partial charge in [-0.1, -0.05) is 39.3 Å². The van der Waals surface area contributed by atoms with Gasteiger partial charge in [-0.3, -0.25) is 4.79 Å². The van der Waals surface area contributed by atoms with Crippen LogP contribution < -0.4 is 14.2 Å². The molecule has 0 aliphatic carbocycles. The van der Waals surface area contributed by atoms with Crippen LogP contribution in [0.25, 0.3) is 0 Å². The molecule has 0 N–H and O–H groups in total. The van der Waals surface area contributed by atoms with Gasteiger partial charge in [0.1, 0.15) is 12.0 Å². The molecule has 0 aromatic heterocycles. The number of aldehydes is 1. The number of hydrogen-bond acceptors (Lipinski definition) is 4. The number of ether oxygens (including phenoxy) is 3. The van der Waals surface area contributed by atoms with Crippen molar-refractivity contribution in [2.45, 2.75) is 39.5 Å². The first kappa shape index (κ1) is 18.8. The van der Waals surface area contributed by atoms with E-state index >= 15 is 0 Å². The molecule has 0 heterocycles. The van der Waals surface area contributed by atoms with Crippen LogP contribution in [0.2, 0.25) is 0 Å². The fourth-order valence-corrected chi connectivity index (χ4v) is 2.40. The SMILES string of the molecule is CCCCOc1c(OC)cc(C=O)cc1Oc1ccc(C(C)C)cc1. The smallest absolute Gasteiger partial charge is 0.204 e. The van der Waals surface area contributed by atoms with Crippen molar-refractivity contribution in [2.75, 3.05) is 13.7 Å². The maximum absolute atomic E-state index is 11.2. The second kappa shape index (κ2) is 9.11. The first-order valence-corrected chi connectivity index (χ1v) is 8.66. The molecule has 0 fully saturated rings. The Labute approximate surface area is 149 Å². The zero-order valence-electron chi connectivity index (χ0n) is 15.4. The van der Waals surface area contributed by atoms with E-state index in [1.54, 1.807) is 19.2 Å². The highest BCUT2D eigenvalue weighted by Crippen LogP contribution is 2.41. The number of hydrogen-bond donors (Lipinski definition) is 0. The van der Waals surface area contributed by atoms with Gasteiger partial charge in [-0.05, 0) is 42.2 Å². The molecule has 2 rings (SSSR count). The number of benzene rings is 2. The second-order valence-corrected chi connectivity index (χ2v) is 6.20. The number of rotatable bonds is 9. The van der Waals surface area contributed by atoms with E-state index in [9.17, 15) is 4.79 Å². The van der Waals surface area contributed by atoms with Gasteiger partial charge in [0.15, 0.2) is 11.5 Å². The molecule has 0 atom stereocenters. The first-order valence-electron chi connectivity index (χ1n) is 8.66. The van der Waals surface area contributed by atoms with Crippen molar-refractivity contribution in [2.24, 2.45) is 0 Å². The molecule has 0 aliphatic heterocycles. The summed E-state index contributed by atoms with van der Waals surface area (Å²) in [5.41, 5.74) is 1.72. The van der Waals surface area contributed by atoms with Gasteiger partial charge < -0.3 is 14.2 Å². The Balaban J connectivity index is 2.33. The minimum absolute atomic E-state index is 0.459. The summed E-state index contributed by atoms with van der Waals surface area (Å²) in [5.74, 6) is 2.65. The number of carbonyl (C=O) groups excluding carboxylic acids is 1. The molecule has 0 bridgehead atoms. The number of methoxy groups -OCH3 is 1. The summed E-state index contributed by atoms with van der Waals surface area (Å²) in [5, 5.41) is 0. The second-order valence-electron chi connectivity index (χ2n) is 6.20. The lowest BCUT2D eigenvalue weighted by molar-refractivity contribution is 0.112. The normalized spacial score (nSPS) is 10.6. The van der Waals surface area contributed by atoms with Crippen molar-refractivity contribution in [3.05, 3.63) is 47.5 Å². The molecule has 0 unspecified atom stereocenters. The summed E-state index contributed by atoms with van der Waals surface area (Å²) < 4.78 is 17.2. The molecular formula is C21H26O4. The third-order valence-electron chi connectivity index (χ3n) is 3.92. The van der Waals surface area contributed by atoms with Crippen molar-refractivity contribution >= 4 is 6.29 Å². The molecule has 4 heteroatoms. The Morgan fingerprint density at radius 3 is 2.32 bits per heavy atom. The van der Waals surface area contributed by atoms with E-state index in [-0.39, 0.29) is 0 Å². The Morgan fingerprint density at radius 1 is 1.08 bits per heavy atom. The Morgan fingerprint density at radius 2 is 1.76 bits per heavy atom. The fraction of sp³-hybridized carbons (Fsp3) is 0.381. The van der Waals surface area contributed by atoms with Gasteiger partial charge in [-0.2, -0.15) is 0 Å². The topological polar surface area (TPSA) is 44.8 Å². The summed E-state index contributed by atoms with van der Waals surface area (Å²) >= 11 is 0. The van der Waals surface area contributed by atoms with Crippen LogP contribution in [-0.2, 0) is 0 Å². The van der Waals surface area contributed by atoms with Gasteiger partial charge in [-0.25, -0.2) is 0 Å². The average molecular weight is 342 g/mol. The number of carbonyl (C=O) groups is 1. The van der Waals surface area contributed by atoms with E-state index in [1.165, 1.54) is 5.56 Å². The Bertz CT molecular complexity index is 690. The first-order chi connectivity index (χ1) is 12.1. The van der Waals surface area contributed by atoms with Crippen molar-refractivity contribution in [3.8, 4) is 23.0 Å². The van der Waals surface area contributed by atoms with Crippen LogP contribution in [0.5, 0.6) is 23.0 Å². The molecule has 0 amide bonds. The minimum atomic E-state index is 0.459. The van der Waals surface area contributed by atoms with Gasteiger partial charge >= 0.3 is 0 Å². The molecule has 0 saturated heterocycles. The summed E-state index contributed by atoms with van der Waals surface area (Å²) in [6.45, 7) is 6.96. The van der Waals surface area contributed by atoms with E-state index in [0.29, 0.717) is 41.1 Å². The van der Waals surface area contributed by atoms with Gasteiger partial charge in [-0.15, -0.1) is 0 Å². The highest BCUT2D eigenvalue weighted by Gasteiger charge is 2.16. The summed E-state index contributed by atoms with van der Waals surface area (Å²) in [6.07, 6.45) is 2.73. The van der Waals surface area contributed by atoms with Crippen molar-refractivity contribution in [1.82, 2.24) is 0 Å². The van der Waals surface area contributed by atoms with Crippen molar-refractivity contribution < 1.29 is 19.0 Å². The fourth-order valence-electron chi connectivity index (χ4n) is 2.40. The van der Waals surface area contributed by atoms with E-state index in [0.717, 1.165) is 19.1 Å². The van der Waals surface area contributed by atoms with E-state index < -0.39 is 0 Å². The van der Waals surface area contributed by atoms with Crippen LogP contribution >= 0.6 is 0 Å². The maximum atomic E-state index is 11.2. The number of unbranched alkanes of at least 4 members (excludes halogenated alkanes) is 1. The molecular weight excluding hydrogens is 316 g/mol. The highest BCUT2D eigenvalue weighted by molar-refractivity contribution is 5.78. The highest BCUT2D eigenvalue weighted by atomic mass is 16.5. The largest absolute Gasteiger partial charge is 0.493 e. The summed E-state index contributed by atoms with van der Waals surface area (Å²) in [4.78, 5) is 11.2. The minimum Gasteiger partial charge on any atom is -0.493 e. The molecule has 25 heavy (non-hydrogen) atoms. The molecule has 2 aromatic carbocycles. The van der Waals surface area contributed by atoms with Crippen LogP contribution in [0, 0.1) is 0 Å². The van der Waals surface area contributed by atoms with Crippen LogP contribution in [0.15, 0.2) is 36.4 Å². The van der Waals surface area contributed by atoms with Crippen LogP contribution in [-0.4, -0.2) is 20.0 Å². The van der Waals surface area contributed by atoms with Gasteiger partial charge in [0.2, 0.25) is 5.75 Å². The molecule has 0 aliphatic rings. The third kappa shape index (κ3) is 4.99. The zero-order chi connectivity index (χ0) is 18.2. The molecule has 2 aromatic rings. The predicted octanol–water partition coefficient (Wildman–Crippen LogP) is 5.60. The quantitative estimate of drug-likeness (QED) is 0.439. The van der Waals surface area contributed by atoms with Gasteiger partial charge in [0, 0.05) is 5.56 Å². The van der Waals surface area contributed by atoms with Crippen LogP contribution in [0.1, 0.15) is 55.5 Å². The predicted molar refractivity (Wildman–Crippen MR) is 99.4 cm³/mol. The maximum Gasteiger partial charge on any atom is 0.204 e. The standard InChI is InChI=1S/C21H26O4/c1-5-6-11-24-21-19(23-4)12-16(14-22)13-20(21)25-18-9-7-17(8-10-18)15(2)3/h7-10,12-15H,5-6,11H2,1-4H3. The molecule has 0 saturated carbocycles. The lowest BCUT2D eigenvalue weighted by Gasteiger charge is -2.16. The lowest BCUT2D eigenvalue weighted by Crippen LogP contribution is -2.02. The molecule has 134 valence electrons. The molecule has 4 nitrogen and oxygen atoms in total. The average Bonchev–Trinajstić information content (AvgIpc) is 2.63. The van der Waals surface area contributed by atoms with Gasteiger partial charge in [0.25, 0.3) is 0 Å². The van der Waals surface area contributed by atoms with Gasteiger partial charge in [0.05, 0.1) is 13.7 Å². The Hall–Kier alpha value is -2.49. The van der Waals surface area contributed by atoms with Crippen molar-refractivity contribution in [3.63, 3.8) is 0 Å². The van der Waals surface area contributed by atoms with Crippen LogP contribution in [0.3, 0.4) is 0 Å². The monoisotopic (exact) mass is 342 g/mol. The Kier molecular flexibility index (Phi) is 6.87. The zero-order valence-corrected chi connectivity index (χ0v) is 15.4. The third-order valence-corrected chi connectivity index (χ3v) is 3.92. The molecule has 0 spiro atoms. The van der Waals surface area contributed by atoms with Crippen molar-refractivity contribution in [1.29, 1.82) is 0 Å². The lowest BCUT2D eigenvalue weighted by atomic mass is 10.0. The van der Waals surface area contributed by atoms with E-state index in [2.05, 4.69) is 20.8 Å². The molecule has 0 radical (unpaired) electrons. The van der Waals surface area contributed by atoms with Crippen LogP contribution in [0.4, 0.5) is 0 Å². The van der Waals surface area contributed by atoms with E-state index in [1.807, 2.05) is 24.3 Å². The summed E-state index contributed by atoms with van der Waals surface area (Å²) in [6, 6.07) is 11.3. The van der Waals surface area contributed by atoms with E-state index in [4.69, 9.17) is 14.2 Å².